The number of hydrogen-bond acceptors (Lipinski definition) is 3. The lowest BCUT2D eigenvalue weighted by molar-refractivity contribution is 0.0390. The SMILES string of the molecule is CCCNC(c1cc(C)sc1C)C1CCCOC1. The number of hydrogen-bond donors (Lipinski definition) is 1. The molecule has 1 saturated heterocycles. The van der Waals surface area contributed by atoms with Crippen LogP contribution >= 0.6 is 11.3 Å². The smallest absolute Gasteiger partial charge is 0.0512 e. The summed E-state index contributed by atoms with van der Waals surface area (Å²) >= 11 is 1.91. The van der Waals surface area contributed by atoms with E-state index in [4.69, 9.17) is 4.74 Å². The second-order valence-corrected chi connectivity index (χ2v) is 6.74. The summed E-state index contributed by atoms with van der Waals surface area (Å²) < 4.78 is 5.67. The third-order valence-corrected chi connectivity index (χ3v) is 4.68. The molecule has 0 radical (unpaired) electrons. The van der Waals surface area contributed by atoms with Crippen molar-refractivity contribution in [1.82, 2.24) is 5.32 Å². The standard InChI is InChI=1S/C15H25NOS/c1-4-7-16-15(13-6-5-8-17-10-13)14-9-11(2)18-12(14)3/h9,13,15-16H,4-8,10H2,1-3H3. The maximum absolute atomic E-state index is 5.67. The molecule has 2 nitrogen and oxygen atoms in total. The van der Waals surface area contributed by atoms with Gasteiger partial charge in [-0.15, -0.1) is 11.3 Å². The number of ether oxygens (including phenoxy) is 1. The minimum Gasteiger partial charge on any atom is -0.381 e. The van der Waals surface area contributed by atoms with Crippen LogP contribution in [-0.2, 0) is 4.74 Å². The van der Waals surface area contributed by atoms with Gasteiger partial charge in [-0.05, 0) is 51.3 Å². The fraction of sp³-hybridized carbons (Fsp3) is 0.733. The molecule has 1 aliphatic rings. The molecule has 0 bridgehead atoms. The van der Waals surface area contributed by atoms with Gasteiger partial charge in [-0.3, -0.25) is 0 Å². The molecular weight excluding hydrogens is 242 g/mol. The average molecular weight is 267 g/mol. The molecule has 2 unspecified atom stereocenters. The van der Waals surface area contributed by atoms with Crippen LogP contribution in [0.1, 0.15) is 47.5 Å². The maximum Gasteiger partial charge on any atom is 0.0512 e. The van der Waals surface area contributed by atoms with Crippen LogP contribution in [0.2, 0.25) is 0 Å². The molecule has 2 rings (SSSR count). The first-order valence-corrected chi connectivity index (χ1v) is 7.92. The number of nitrogens with one attached hydrogen (secondary N) is 1. The maximum atomic E-state index is 5.67. The second-order valence-electron chi connectivity index (χ2n) is 5.28. The summed E-state index contributed by atoms with van der Waals surface area (Å²) in [6, 6.07) is 2.84. The van der Waals surface area contributed by atoms with Crippen molar-refractivity contribution in [2.45, 2.75) is 46.1 Å². The van der Waals surface area contributed by atoms with Gasteiger partial charge in [0, 0.05) is 28.3 Å². The number of thiophene rings is 1. The van der Waals surface area contributed by atoms with E-state index < -0.39 is 0 Å². The van der Waals surface area contributed by atoms with Crippen molar-refractivity contribution in [3.8, 4) is 0 Å². The van der Waals surface area contributed by atoms with Gasteiger partial charge < -0.3 is 10.1 Å². The number of rotatable bonds is 5. The van der Waals surface area contributed by atoms with Crippen LogP contribution < -0.4 is 5.32 Å². The highest BCUT2D eigenvalue weighted by molar-refractivity contribution is 7.12. The highest BCUT2D eigenvalue weighted by Crippen LogP contribution is 2.34. The number of aryl methyl sites for hydroxylation is 2. The molecular formula is C15H25NOS. The van der Waals surface area contributed by atoms with Crippen molar-refractivity contribution in [3.63, 3.8) is 0 Å². The summed E-state index contributed by atoms with van der Waals surface area (Å²) in [5.41, 5.74) is 1.50. The summed E-state index contributed by atoms with van der Waals surface area (Å²) in [4.78, 5) is 2.88. The van der Waals surface area contributed by atoms with Crippen LogP contribution in [0.25, 0.3) is 0 Å². The van der Waals surface area contributed by atoms with Crippen molar-refractivity contribution < 1.29 is 4.74 Å². The molecule has 2 atom stereocenters. The Morgan fingerprint density at radius 1 is 1.50 bits per heavy atom. The molecule has 1 aliphatic heterocycles. The molecule has 1 aromatic rings. The predicted octanol–water partition coefficient (Wildman–Crippen LogP) is 3.83. The first kappa shape index (κ1) is 14.0. The van der Waals surface area contributed by atoms with Crippen LogP contribution in [0.5, 0.6) is 0 Å². The van der Waals surface area contributed by atoms with Gasteiger partial charge in [0.1, 0.15) is 0 Å². The largest absolute Gasteiger partial charge is 0.381 e. The zero-order valence-electron chi connectivity index (χ0n) is 11.8. The Labute approximate surface area is 115 Å². The van der Waals surface area contributed by atoms with Gasteiger partial charge in [0.05, 0.1) is 6.61 Å². The molecule has 0 saturated carbocycles. The fourth-order valence-corrected chi connectivity index (χ4v) is 3.79. The summed E-state index contributed by atoms with van der Waals surface area (Å²) in [7, 11) is 0. The summed E-state index contributed by atoms with van der Waals surface area (Å²) in [5, 5.41) is 3.74. The van der Waals surface area contributed by atoms with E-state index in [-0.39, 0.29) is 0 Å². The zero-order valence-corrected chi connectivity index (χ0v) is 12.6. The van der Waals surface area contributed by atoms with Gasteiger partial charge in [-0.25, -0.2) is 0 Å². The highest BCUT2D eigenvalue weighted by atomic mass is 32.1. The summed E-state index contributed by atoms with van der Waals surface area (Å²) in [6.45, 7) is 9.63. The van der Waals surface area contributed by atoms with Gasteiger partial charge in [0.15, 0.2) is 0 Å². The van der Waals surface area contributed by atoms with Crippen molar-refractivity contribution in [3.05, 3.63) is 21.4 Å². The molecule has 0 aromatic carbocycles. The van der Waals surface area contributed by atoms with Crippen LogP contribution in [0, 0.1) is 19.8 Å². The van der Waals surface area contributed by atoms with Crippen LogP contribution in [0.15, 0.2) is 6.07 Å². The Bertz CT molecular complexity index is 369. The minimum absolute atomic E-state index is 0.482. The summed E-state index contributed by atoms with van der Waals surface area (Å²) in [5.74, 6) is 0.637. The van der Waals surface area contributed by atoms with E-state index in [0.29, 0.717) is 12.0 Å². The Balaban J connectivity index is 2.15. The van der Waals surface area contributed by atoms with E-state index >= 15 is 0 Å². The van der Waals surface area contributed by atoms with Crippen LogP contribution in [-0.4, -0.2) is 19.8 Å². The minimum atomic E-state index is 0.482. The lowest BCUT2D eigenvalue weighted by Gasteiger charge is -2.31. The third-order valence-electron chi connectivity index (χ3n) is 3.70. The summed E-state index contributed by atoms with van der Waals surface area (Å²) in [6.07, 6.45) is 3.68. The molecule has 1 aromatic heterocycles. The topological polar surface area (TPSA) is 21.3 Å². The van der Waals surface area contributed by atoms with Gasteiger partial charge in [0.2, 0.25) is 0 Å². The molecule has 3 heteroatoms. The average Bonchev–Trinajstić information content (AvgIpc) is 2.70. The van der Waals surface area contributed by atoms with Gasteiger partial charge in [0.25, 0.3) is 0 Å². The molecule has 1 N–H and O–H groups in total. The Morgan fingerprint density at radius 3 is 2.89 bits per heavy atom. The first-order chi connectivity index (χ1) is 8.72. The molecule has 102 valence electrons. The van der Waals surface area contributed by atoms with E-state index in [1.54, 1.807) is 0 Å². The Kier molecular flexibility index (Phi) is 5.22. The molecule has 0 spiro atoms. The Morgan fingerprint density at radius 2 is 2.33 bits per heavy atom. The van der Waals surface area contributed by atoms with E-state index in [9.17, 15) is 0 Å². The quantitative estimate of drug-likeness (QED) is 0.875. The molecule has 1 fully saturated rings. The van der Waals surface area contributed by atoms with E-state index in [1.165, 1.54) is 34.6 Å². The van der Waals surface area contributed by atoms with E-state index in [1.807, 2.05) is 11.3 Å². The van der Waals surface area contributed by atoms with E-state index in [2.05, 4.69) is 32.2 Å². The zero-order chi connectivity index (χ0) is 13.0. The second kappa shape index (κ2) is 6.69. The van der Waals surface area contributed by atoms with Crippen molar-refractivity contribution in [1.29, 1.82) is 0 Å². The lowest BCUT2D eigenvalue weighted by Crippen LogP contribution is -2.34. The highest BCUT2D eigenvalue weighted by Gasteiger charge is 2.27. The van der Waals surface area contributed by atoms with Crippen LogP contribution in [0.3, 0.4) is 0 Å². The normalized spacial score (nSPS) is 22.1. The van der Waals surface area contributed by atoms with Crippen molar-refractivity contribution in [2.24, 2.45) is 5.92 Å². The van der Waals surface area contributed by atoms with Crippen LogP contribution in [0.4, 0.5) is 0 Å². The third kappa shape index (κ3) is 3.34. The molecule has 18 heavy (non-hydrogen) atoms. The van der Waals surface area contributed by atoms with Gasteiger partial charge in [-0.1, -0.05) is 6.92 Å². The first-order valence-electron chi connectivity index (χ1n) is 7.10. The molecule has 0 amide bonds. The Hall–Kier alpha value is -0.380. The lowest BCUT2D eigenvalue weighted by atomic mass is 9.88. The predicted molar refractivity (Wildman–Crippen MR) is 78.4 cm³/mol. The van der Waals surface area contributed by atoms with E-state index in [0.717, 1.165) is 19.8 Å². The molecule has 2 heterocycles. The monoisotopic (exact) mass is 267 g/mol. The van der Waals surface area contributed by atoms with Gasteiger partial charge in [-0.2, -0.15) is 0 Å². The fourth-order valence-electron chi connectivity index (χ4n) is 2.82. The van der Waals surface area contributed by atoms with Crippen molar-refractivity contribution in [2.75, 3.05) is 19.8 Å². The molecule has 0 aliphatic carbocycles. The van der Waals surface area contributed by atoms with Crippen molar-refractivity contribution >= 4 is 11.3 Å². The van der Waals surface area contributed by atoms with Gasteiger partial charge >= 0.3 is 0 Å².